The summed E-state index contributed by atoms with van der Waals surface area (Å²) in [6.07, 6.45) is 0. The number of aliphatic hydroxyl groups is 1. The van der Waals surface area contributed by atoms with E-state index < -0.39 is 23.5 Å². The summed E-state index contributed by atoms with van der Waals surface area (Å²) in [7, 11) is 2.92. The summed E-state index contributed by atoms with van der Waals surface area (Å²) >= 11 is 12.5. The van der Waals surface area contributed by atoms with Gasteiger partial charge in [-0.25, -0.2) is 0 Å². The molecule has 37 heavy (non-hydrogen) atoms. The van der Waals surface area contributed by atoms with E-state index in [2.05, 4.69) is 5.32 Å². The van der Waals surface area contributed by atoms with Gasteiger partial charge in [-0.05, 0) is 54.1 Å². The van der Waals surface area contributed by atoms with Gasteiger partial charge >= 0.3 is 0 Å². The number of anilines is 2. The van der Waals surface area contributed by atoms with Gasteiger partial charge in [0, 0.05) is 23.9 Å². The lowest BCUT2D eigenvalue weighted by Crippen LogP contribution is -2.29. The summed E-state index contributed by atoms with van der Waals surface area (Å²) in [5.41, 5.74) is 1.48. The third-order valence-corrected chi connectivity index (χ3v) is 6.38. The number of hydrogen-bond donors (Lipinski definition) is 2. The fraction of sp³-hybridized carbons (Fsp3) is 0.148. The van der Waals surface area contributed by atoms with E-state index in [1.54, 1.807) is 48.5 Å². The summed E-state index contributed by atoms with van der Waals surface area (Å²) in [5.74, 6) is -1.61. The van der Waals surface area contributed by atoms with Crippen LogP contribution in [0.2, 0.25) is 10.0 Å². The molecule has 1 aliphatic rings. The van der Waals surface area contributed by atoms with Gasteiger partial charge in [-0.3, -0.25) is 19.3 Å². The monoisotopic (exact) mass is 540 g/mol. The zero-order valence-electron chi connectivity index (χ0n) is 20.0. The molecule has 0 aliphatic carbocycles. The van der Waals surface area contributed by atoms with Crippen molar-refractivity contribution < 1.29 is 29.0 Å². The number of methoxy groups -OCH3 is 2. The second kappa shape index (κ2) is 10.5. The highest BCUT2D eigenvalue weighted by Gasteiger charge is 2.47. The van der Waals surface area contributed by atoms with E-state index in [1.165, 1.54) is 38.2 Å². The van der Waals surface area contributed by atoms with Crippen molar-refractivity contribution in [3.05, 3.63) is 87.4 Å². The number of halogens is 2. The van der Waals surface area contributed by atoms with Crippen LogP contribution in [0.4, 0.5) is 11.4 Å². The molecule has 0 radical (unpaired) electrons. The van der Waals surface area contributed by atoms with E-state index in [4.69, 9.17) is 32.7 Å². The number of ether oxygens (including phenoxy) is 2. The van der Waals surface area contributed by atoms with Crippen LogP contribution in [-0.4, -0.2) is 36.9 Å². The number of nitrogens with one attached hydrogen (secondary N) is 1. The minimum atomic E-state index is -0.975. The minimum absolute atomic E-state index is 0.125. The van der Waals surface area contributed by atoms with Gasteiger partial charge in [0.15, 0.2) is 5.75 Å². The first-order valence-corrected chi connectivity index (χ1v) is 11.8. The van der Waals surface area contributed by atoms with Crippen molar-refractivity contribution in [3.8, 4) is 11.5 Å². The summed E-state index contributed by atoms with van der Waals surface area (Å²) in [5, 5.41) is 14.2. The first-order valence-electron chi connectivity index (χ1n) is 11.0. The Bertz CT molecular complexity index is 1390. The molecule has 2 N–H and O–H groups in total. The van der Waals surface area contributed by atoms with Gasteiger partial charge in [0.25, 0.3) is 11.7 Å². The van der Waals surface area contributed by atoms with Gasteiger partial charge in [-0.15, -0.1) is 0 Å². The molecule has 4 rings (SSSR count). The predicted octanol–water partition coefficient (Wildman–Crippen LogP) is 5.60. The molecule has 10 heteroatoms. The summed E-state index contributed by atoms with van der Waals surface area (Å²) < 4.78 is 10.4. The second-order valence-electron chi connectivity index (χ2n) is 8.14. The Morgan fingerprint density at radius 1 is 0.946 bits per heavy atom. The molecule has 8 nitrogen and oxygen atoms in total. The Kier molecular flexibility index (Phi) is 7.42. The molecule has 2 amide bonds. The Balaban J connectivity index is 1.90. The van der Waals surface area contributed by atoms with Gasteiger partial charge in [0.2, 0.25) is 5.91 Å². The average Bonchev–Trinajstić information content (AvgIpc) is 3.14. The molecule has 190 valence electrons. The van der Waals surface area contributed by atoms with Gasteiger partial charge in [0.1, 0.15) is 11.5 Å². The summed E-state index contributed by atoms with van der Waals surface area (Å²) in [6.45, 7) is 1.38. The maximum atomic E-state index is 13.3. The normalized spacial score (nSPS) is 16.6. The van der Waals surface area contributed by atoms with E-state index in [0.29, 0.717) is 22.7 Å². The van der Waals surface area contributed by atoms with Crippen LogP contribution in [-0.2, 0) is 14.4 Å². The zero-order chi connectivity index (χ0) is 26.9. The quantitative estimate of drug-likeness (QED) is 0.239. The maximum absolute atomic E-state index is 13.3. The van der Waals surface area contributed by atoms with Crippen molar-refractivity contribution >= 4 is 57.9 Å². The molecule has 1 unspecified atom stereocenters. The Hall–Kier alpha value is -4.01. The summed E-state index contributed by atoms with van der Waals surface area (Å²) in [4.78, 5) is 39.3. The number of carbonyl (C=O) groups is 3. The molecule has 1 aliphatic heterocycles. The third kappa shape index (κ3) is 4.98. The van der Waals surface area contributed by atoms with Gasteiger partial charge in [-0.1, -0.05) is 35.3 Å². The lowest BCUT2D eigenvalue weighted by Gasteiger charge is -2.26. The van der Waals surface area contributed by atoms with Crippen molar-refractivity contribution in [2.45, 2.75) is 13.0 Å². The van der Waals surface area contributed by atoms with Crippen molar-refractivity contribution in [1.82, 2.24) is 0 Å². The number of hydrogen-bond acceptors (Lipinski definition) is 6. The molecular formula is C27H22Cl2N2O6. The van der Waals surface area contributed by atoms with Crippen molar-refractivity contribution in [2.24, 2.45) is 0 Å². The Morgan fingerprint density at radius 2 is 1.54 bits per heavy atom. The molecule has 1 atom stereocenters. The van der Waals surface area contributed by atoms with Crippen molar-refractivity contribution in [2.75, 3.05) is 24.4 Å². The van der Waals surface area contributed by atoms with Gasteiger partial charge in [-0.2, -0.15) is 0 Å². The number of rotatable bonds is 6. The SMILES string of the molecule is COc1ccc(C2/C(=C(\O)c3cc(Cl)c(OC)c(Cl)c3)C(=O)C(=O)N2c2ccc(NC(C)=O)cc2)cc1. The molecule has 0 bridgehead atoms. The zero-order valence-corrected chi connectivity index (χ0v) is 21.6. The van der Waals surface area contributed by atoms with Crippen LogP contribution < -0.4 is 19.7 Å². The number of ketones is 1. The molecule has 0 spiro atoms. The van der Waals surface area contributed by atoms with Crippen LogP contribution in [0, 0.1) is 0 Å². The predicted molar refractivity (Wildman–Crippen MR) is 142 cm³/mol. The summed E-state index contributed by atoms with van der Waals surface area (Å²) in [6, 6.07) is 15.1. The first kappa shape index (κ1) is 26.1. The highest BCUT2D eigenvalue weighted by molar-refractivity contribution is 6.51. The molecular weight excluding hydrogens is 519 g/mol. The second-order valence-corrected chi connectivity index (χ2v) is 8.96. The van der Waals surface area contributed by atoms with Crippen LogP contribution in [0.25, 0.3) is 5.76 Å². The van der Waals surface area contributed by atoms with E-state index in [1.807, 2.05) is 0 Å². The van der Waals surface area contributed by atoms with E-state index in [-0.39, 0.29) is 32.8 Å². The molecule has 1 heterocycles. The number of nitrogens with zero attached hydrogens (tertiary/aromatic N) is 1. The molecule has 0 aromatic heterocycles. The van der Waals surface area contributed by atoms with Crippen LogP contribution in [0.5, 0.6) is 11.5 Å². The highest BCUT2D eigenvalue weighted by Crippen LogP contribution is 2.44. The standard InChI is InChI=1S/C27H22Cl2N2O6/c1-14(32)30-17-6-8-18(9-7-17)31-23(15-4-10-19(36-2)11-5-15)22(25(34)27(31)35)24(33)16-12-20(28)26(37-3)21(29)13-16/h4-13,23,33H,1-3H3,(H,30,32)/b24-22+. The lowest BCUT2D eigenvalue weighted by molar-refractivity contribution is -0.132. The number of Topliss-reactive ketones (excluding diaryl/α,β-unsaturated/α-hetero) is 1. The topological polar surface area (TPSA) is 105 Å². The maximum Gasteiger partial charge on any atom is 0.300 e. The average molecular weight is 541 g/mol. The molecule has 3 aromatic carbocycles. The molecule has 0 saturated carbocycles. The molecule has 1 saturated heterocycles. The Labute approximate surface area is 223 Å². The van der Waals surface area contributed by atoms with Gasteiger partial charge < -0.3 is 19.9 Å². The number of aliphatic hydroxyl groups excluding tert-OH is 1. The largest absolute Gasteiger partial charge is 0.507 e. The van der Waals surface area contributed by atoms with Crippen LogP contribution >= 0.6 is 23.2 Å². The molecule has 3 aromatic rings. The van der Waals surface area contributed by atoms with Crippen LogP contribution in [0.15, 0.2) is 66.2 Å². The number of carbonyl (C=O) groups excluding carboxylic acids is 3. The van der Waals surface area contributed by atoms with Crippen molar-refractivity contribution in [3.63, 3.8) is 0 Å². The smallest absolute Gasteiger partial charge is 0.300 e. The number of benzene rings is 3. The Morgan fingerprint density at radius 3 is 2.05 bits per heavy atom. The first-order chi connectivity index (χ1) is 17.7. The van der Waals surface area contributed by atoms with E-state index >= 15 is 0 Å². The molecule has 1 fully saturated rings. The third-order valence-electron chi connectivity index (χ3n) is 5.82. The number of amides is 2. The van der Waals surface area contributed by atoms with Crippen LogP contribution in [0.3, 0.4) is 0 Å². The van der Waals surface area contributed by atoms with Gasteiger partial charge in [0.05, 0.1) is 35.9 Å². The fourth-order valence-electron chi connectivity index (χ4n) is 4.16. The highest BCUT2D eigenvalue weighted by atomic mass is 35.5. The lowest BCUT2D eigenvalue weighted by atomic mass is 9.95. The van der Waals surface area contributed by atoms with Crippen molar-refractivity contribution in [1.29, 1.82) is 0 Å². The van der Waals surface area contributed by atoms with E-state index in [9.17, 15) is 19.5 Å². The van der Waals surface area contributed by atoms with E-state index in [0.717, 1.165) is 0 Å². The minimum Gasteiger partial charge on any atom is -0.507 e. The fourth-order valence-corrected chi connectivity index (χ4v) is 4.80. The van der Waals surface area contributed by atoms with Crippen LogP contribution in [0.1, 0.15) is 24.1 Å².